The van der Waals surface area contributed by atoms with Crippen molar-refractivity contribution in [1.29, 1.82) is 0 Å². The normalized spacial score (nSPS) is 13.3. The Hall–Kier alpha value is -4.25. The summed E-state index contributed by atoms with van der Waals surface area (Å²) in [4.78, 5) is 37.6. The van der Waals surface area contributed by atoms with E-state index in [1.807, 2.05) is 43.3 Å². The summed E-state index contributed by atoms with van der Waals surface area (Å²) in [7, 11) is 0. The number of rotatable bonds is 5. The smallest absolute Gasteiger partial charge is 0.478 e. The number of aromatic carboxylic acids is 1. The van der Waals surface area contributed by atoms with Crippen LogP contribution in [0.15, 0.2) is 66.7 Å². The van der Waals surface area contributed by atoms with Crippen molar-refractivity contribution >= 4 is 46.5 Å². The zero-order valence-corrected chi connectivity index (χ0v) is 21.5. The van der Waals surface area contributed by atoms with Crippen molar-refractivity contribution in [3.8, 4) is 0 Å². The van der Waals surface area contributed by atoms with Crippen molar-refractivity contribution in [3.05, 3.63) is 88.4 Å². The summed E-state index contributed by atoms with van der Waals surface area (Å²) in [5.41, 5.74) is 3.83. The number of para-hydroxylation sites is 1. The number of hydrogen-bond acceptors (Lipinski definition) is 5. The van der Waals surface area contributed by atoms with Crippen LogP contribution in [0.4, 0.5) is 30.2 Å². The Kier molecular flexibility index (Phi) is 9.42. The maximum Gasteiger partial charge on any atom is 0.490 e. The van der Waals surface area contributed by atoms with Gasteiger partial charge < -0.3 is 25.3 Å². The van der Waals surface area contributed by atoms with Crippen molar-refractivity contribution < 1.29 is 37.8 Å². The van der Waals surface area contributed by atoms with Gasteiger partial charge in [0.05, 0.1) is 22.0 Å². The molecular weight excluding hydrogens is 539 g/mol. The number of piperazine rings is 1. The lowest BCUT2D eigenvalue weighted by molar-refractivity contribution is -0.192. The van der Waals surface area contributed by atoms with E-state index in [9.17, 15) is 27.9 Å². The molecule has 1 amide bonds. The highest BCUT2D eigenvalue weighted by atomic mass is 35.5. The van der Waals surface area contributed by atoms with Crippen LogP contribution in [0.2, 0.25) is 5.02 Å². The van der Waals surface area contributed by atoms with E-state index in [1.54, 1.807) is 24.3 Å². The maximum absolute atomic E-state index is 12.5. The third-order valence-electron chi connectivity index (χ3n) is 5.85. The number of nitrogens with zero attached hydrogens (tertiary/aromatic N) is 2. The Bertz CT molecular complexity index is 1340. The number of nitrogens with one attached hydrogen (secondary N) is 1. The topological polar surface area (TPSA) is 110 Å². The second-order valence-corrected chi connectivity index (χ2v) is 8.99. The van der Waals surface area contributed by atoms with Gasteiger partial charge in [-0.15, -0.1) is 0 Å². The van der Waals surface area contributed by atoms with E-state index in [-0.39, 0.29) is 11.5 Å². The zero-order chi connectivity index (χ0) is 28.7. The van der Waals surface area contributed by atoms with Gasteiger partial charge in [-0.05, 0) is 49.4 Å². The molecule has 0 spiro atoms. The number of carboxylic acids is 2. The van der Waals surface area contributed by atoms with Gasteiger partial charge in [-0.3, -0.25) is 4.79 Å². The van der Waals surface area contributed by atoms with Crippen molar-refractivity contribution in [2.45, 2.75) is 13.1 Å². The van der Waals surface area contributed by atoms with Crippen molar-refractivity contribution in [2.75, 3.05) is 41.3 Å². The Labute approximate surface area is 227 Å². The zero-order valence-electron chi connectivity index (χ0n) is 20.7. The summed E-state index contributed by atoms with van der Waals surface area (Å²) < 4.78 is 31.7. The van der Waals surface area contributed by atoms with Crippen LogP contribution in [0.5, 0.6) is 0 Å². The maximum atomic E-state index is 12.5. The Morgan fingerprint density at radius 1 is 0.846 bits per heavy atom. The van der Waals surface area contributed by atoms with Crippen LogP contribution in [-0.4, -0.2) is 60.4 Å². The van der Waals surface area contributed by atoms with Crippen LogP contribution >= 0.6 is 11.6 Å². The lowest BCUT2D eigenvalue weighted by atomic mass is 10.1. The first-order chi connectivity index (χ1) is 18.4. The predicted molar refractivity (Wildman–Crippen MR) is 142 cm³/mol. The molecule has 0 atom stereocenters. The molecule has 0 radical (unpaired) electrons. The Morgan fingerprint density at radius 2 is 1.38 bits per heavy atom. The van der Waals surface area contributed by atoms with E-state index >= 15 is 0 Å². The van der Waals surface area contributed by atoms with Crippen molar-refractivity contribution in [1.82, 2.24) is 0 Å². The molecule has 39 heavy (non-hydrogen) atoms. The molecular formula is C27H25ClF3N3O5. The Balaban J connectivity index is 0.000000532. The molecule has 0 aromatic heterocycles. The van der Waals surface area contributed by atoms with Crippen LogP contribution in [0.1, 0.15) is 26.3 Å². The largest absolute Gasteiger partial charge is 0.490 e. The predicted octanol–water partition coefficient (Wildman–Crippen LogP) is 5.56. The summed E-state index contributed by atoms with van der Waals surface area (Å²) in [5, 5.41) is 20.4. The lowest BCUT2D eigenvalue weighted by Gasteiger charge is -2.38. The third-order valence-corrected chi connectivity index (χ3v) is 6.17. The molecule has 1 saturated heterocycles. The number of carbonyl (C=O) groups excluding carboxylic acids is 1. The van der Waals surface area contributed by atoms with Gasteiger partial charge in [0.2, 0.25) is 0 Å². The molecule has 12 heteroatoms. The molecule has 3 N–H and O–H groups in total. The van der Waals surface area contributed by atoms with E-state index in [0.717, 1.165) is 24.3 Å². The van der Waals surface area contributed by atoms with Gasteiger partial charge in [0.1, 0.15) is 0 Å². The third kappa shape index (κ3) is 7.87. The van der Waals surface area contributed by atoms with Crippen molar-refractivity contribution in [3.63, 3.8) is 0 Å². The molecule has 0 aliphatic carbocycles. The first kappa shape index (κ1) is 29.3. The molecule has 4 rings (SSSR count). The monoisotopic (exact) mass is 563 g/mol. The fourth-order valence-corrected chi connectivity index (χ4v) is 4.12. The van der Waals surface area contributed by atoms with E-state index < -0.39 is 18.1 Å². The highest BCUT2D eigenvalue weighted by Gasteiger charge is 2.38. The summed E-state index contributed by atoms with van der Waals surface area (Å²) in [5.74, 6) is -4.06. The molecule has 1 aliphatic heterocycles. The van der Waals surface area contributed by atoms with Crippen LogP contribution < -0.4 is 15.1 Å². The minimum atomic E-state index is -5.08. The second-order valence-electron chi connectivity index (χ2n) is 8.59. The highest BCUT2D eigenvalue weighted by molar-refractivity contribution is 6.33. The number of halogens is 4. The number of benzene rings is 3. The SMILES string of the molecule is Cc1ccc(C(=O)Nc2ccc(N3CCN(c4ccccc4Cl)CC3)c(C(=O)O)c2)cc1.O=C(O)C(F)(F)F. The van der Waals surface area contributed by atoms with Crippen molar-refractivity contribution in [2.24, 2.45) is 0 Å². The fourth-order valence-electron chi connectivity index (χ4n) is 3.87. The minimum absolute atomic E-state index is 0.165. The van der Waals surface area contributed by atoms with Gasteiger partial charge in [-0.1, -0.05) is 41.4 Å². The number of carbonyl (C=O) groups is 3. The number of carboxylic acid groups (broad SMARTS) is 2. The summed E-state index contributed by atoms with van der Waals surface area (Å²) in [6.07, 6.45) is -5.08. The summed E-state index contributed by atoms with van der Waals surface area (Å²) >= 11 is 6.32. The molecule has 3 aromatic carbocycles. The molecule has 1 aliphatic rings. The number of aryl methyl sites for hydroxylation is 1. The molecule has 1 heterocycles. The van der Waals surface area contributed by atoms with Gasteiger partial charge in [0.25, 0.3) is 5.91 Å². The number of hydrogen-bond donors (Lipinski definition) is 3. The summed E-state index contributed by atoms with van der Waals surface area (Å²) in [6, 6.07) is 20.0. The van der Waals surface area contributed by atoms with Gasteiger partial charge >= 0.3 is 18.1 Å². The standard InChI is InChI=1S/C25H24ClN3O3.C2HF3O2/c1-17-6-8-18(9-7-17)24(30)27-19-10-11-22(20(16-19)25(31)32)28-12-14-29(15-13-28)23-5-3-2-4-21(23)26;3-2(4,5)1(6)7/h2-11,16H,12-15H2,1H3,(H,27,30)(H,31,32);(H,6,7). The molecule has 0 saturated carbocycles. The van der Waals surface area contributed by atoms with E-state index in [0.29, 0.717) is 35.1 Å². The molecule has 3 aromatic rings. The van der Waals surface area contributed by atoms with Gasteiger partial charge in [-0.2, -0.15) is 13.2 Å². The fraction of sp³-hybridized carbons (Fsp3) is 0.222. The van der Waals surface area contributed by atoms with Gasteiger partial charge in [0, 0.05) is 37.4 Å². The first-order valence-corrected chi connectivity index (χ1v) is 12.0. The van der Waals surface area contributed by atoms with Gasteiger partial charge in [-0.25, -0.2) is 9.59 Å². The average molecular weight is 564 g/mol. The van der Waals surface area contributed by atoms with Crippen LogP contribution in [-0.2, 0) is 4.79 Å². The molecule has 206 valence electrons. The molecule has 8 nitrogen and oxygen atoms in total. The quantitative estimate of drug-likeness (QED) is 0.373. The highest BCUT2D eigenvalue weighted by Crippen LogP contribution is 2.29. The first-order valence-electron chi connectivity index (χ1n) is 11.7. The number of aliphatic carboxylic acids is 1. The number of amides is 1. The van der Waals surface area contributed by atoms with Gasteiger partial charge in [0.15, 0.2) is 0 Å². The molecule has 0 bridgehead atoms. The Morgan fingerprint density at radius 3 is 1.90 bits per heavy atom. The molecule has 0 unspecified atom stereocenters. The van der Waals surface area contributed by atoms with Crippen LogP contribution in [0, 0.1) is 6.92 Å². The molecule has 1 fully saturated rings. The van der Waals surface area contributed by atoms with E-state index in [4.69, 9.17) is 21.5 Å². The summed E-state index contributed by atoms with van der Waals surface area (Å²) in [6.45, 7) is 4.75. The lowest BCUT2D eigenvalue weighted by Crippen LogP contribution is -2.47. The minimum Gasteiger partial charge on any atom is -0.478 e. The number of alkyl halides is 3. The van der Waals surface area contributed by atoms with Crippen LogP contribution in [0.25, 0.3) is 0 Å². The average Bonchev–Trinajstić information content (AvgIpc) is 2.89. The number of anilines is 3. The van der Waals surface area contributed by atoms with Crippen LogP contribution in [0.3, 0.4) is 0 Å². The van der Waals surface area contributed by atoms with E-state index in [1.165, 1.54) is 6.07 Å². The van der Waals surface area contributed by atoms with E-state index in [2.05, 4.69) is 15.1 Å². The second kappa shape index (κ2) is 12.5.